The summed E-state index contributed by atoms with van der Waals surface area (Å²) in [6.07, 6.45) is 1.94. The Balaban J connectivity index is 0.000000354. The summed E-state index contributed by atoms with van der Waals surface area (Å²) in [7, 11) is -7.52. The molecule has 350 valence electrons. The van der Waals surface area contributed by atoms with Gasteiger partial charge in [0.2, 0.25) is 37.2 Å². The van der Waals surface area contributed by atoms with E-state index in [4.69, 9.17) is 33.3 Å². The number of nitrogens with one attached hydrogen (secondary N) is 4. The second kappa shape index (κ2) is 22.3. The van der Waals surface area contributed by atoms with Crippen LogP contribution in [0.2, 0.25) is 5.28 Å². The Morgan fingerprint density at radius 3 is 1.66 bits per heavy atom. The molecule has 6 aromatic rings. The molecule has 0 spiro atoms. The lowest BCUT2D eigenvalue weighted by Gasteiger charge is -2.18. The van der Waals surface area contributed by atoms with Crippen LogP contribution in [-0.2, 0) is 24.8 Å². The molecule has 1 amide bonds. The van der Waals surface area contributed by atoms with E-state index in [2.05, 4.69) is 51.2 Å². The number of pyridine rings is 2. The number of nitrogen functional groups attached to an aromatic ring is 2. The lowest BCUT2D eigenvalue weighted by Crippen LogP contribution is -2.28. The summed E-state index contributed by atoms with van der Waals surface area (Å²) >= 11 is 5.65. The summed E-state index contributed by atoms with van der Waals surface area (Å²) in [5.74, 6) is -0.315. The molecule has 4 heterocycles. The lowest BCUT2D eigenvalue weighted by atomic mass is 9.96. The van der Waals surface area contributed by atoms with E-state index in [9.17, 15) is 30.4 Å². The minimum absolute atomic E-state index is 0. The van der Waals surface area contributed by atoms with Gasteiger partial charge >= 0.3 is 0 Å². The van der Waals surface area contributed by atoms with Crippen molar-refractivity contribution >= 4 is 89.8 Å². The average molecular weight is 960 g/mol. The summed E-state index contributed by atoms with van der Waals surface area (Å²) in [4.78, 5) is 35.7. The van der Waals surface area contributed by atoms with Crippen LogP contribution in [0.4, 0.5) is 61.0 Å². The SMILES string of the molecule is C.C.Cc1ccc(N)cc1S(N)(=O)=O.Cc1ccc(Nc2nc(Cl)ncc2F)nc1NC(=O)C(C)(C)C.Cc1ccc(Nc2ncc(F)c(Nc3ccc(C)c(N)n3)n2)cc1S(N)(=O)=O. The first kappa shape index (κ1) is 54.5. The van der Waals surface area contributed by atoms with Crippen LogP contribution in [0.5, 0.6) is 0 Å². The molecule has 0 aliphatic carbocycles. The zero-order valence-corrected chi connectivity index (χ0v) is 37.3. The van der Waals surface area contributed by atoms with Crippen LogP contribution in [0.3, 0.4) is 0 Å². The summed E-state index contributed by atoms with van der Waals surface area (Å²) < 4.78 is 72.9. The number of primary sulfonamides is 2. The topological polar surface area (TPSA) is 315 Å². The predicted molar refractivity (Wildman–Crippen MR) is 252 cm³/mol. The molecule has 65 heavy (non-hydrogen) atoms. The van der Waals surface area contributed by atoms with Crippen molar-refractivity contribution < 1.29 is 30.4 Å². The number of carbonyl (C=O) groups excluding carboxylic acids is 1. The van der Waals surface area contributed by atoms with Crippen LogP contribution in [0.15, 0.2) is 82.8 Å². The number of aryl methyl sites for hydroxylation is 4. The van der Waals surface area contributed by atoms with E-state index in [0.717, 1.165) is 23.5 Å². The second-order valence-corrected chi connectivity index (χ2v) is 18.1. The molecule has 12 N–H and O–H groups in total. The van der Waals surface area contributed by atoms with E-state index in [1.54, 1.807) is 90.1 Å². The van der Waals surface area contributed by atoms with Crippen molar-refractivity contribution in [3.05, 3.63) is 112 Å². The number of nitrogens with two attached hydrogens (primary N) is 4. The highest BCUT2D eigenvalue weighted by molar-refractivity contribution is 7.89. The molecule has 0 fully saturated rings. The fourth-order valence-corrected chi connectivity index (χ4v) is 6.62. The maximum atomic E-state index is 14.1. The number of hydrogen-bond donors (Lipinski definition) is 8. The van der Waals surface area contributed by atoms with Crippen molar-refractivity contribution in [1.29, 1.82) is 0 Å². The molecule has 2 aromatic carbocycles. The third-order valence-corrected chi connectivity index (χ3v) is 10.7. The molecule has 0 atom stereocenters. The highest BCUT2D eigenvalue weighted by Gasteiger charge is 2.22. The second-order valence-electron chi connectivity index (χ2n) is 14.7. The van der Waals surface area contributed by atoms with Gasteiger partial charge in [0.1, 0.15) is 23.3 Å². The Labute approximate surface area is 382 Å². The first-order valence-electron chi connectivity index (χ1n) is 18.3. The Morgan fingerprint density at radius 1 is 0.631 bits per heavy atom. The number of halogens is 3. The first-order valence-corrected chi connectivity index (χ1v) is 21.7. The van der Waals surface area contributed by atoms with Crippen LogP contribution in [0.1, 0.15) is 57.9 Å². The smallest absolute Gasteiger partial charge is 0.238 e. The molecule has 0 bridgehead atoms. The molecular formula is C41H53ClF2N14O5S2. The van der Waals surface area contributed by atoms with Crippen LogP contribution in [0, 0.1) is 44.7 Å². The fourth-order valence-electron chi connectivity index (χ4n) is 4.86. The van der Waals surface area contributed by atoms with Gasteiger partial charge in [-0.15, -0.1) is 0 Å². The molecule has 0 unspecified atom stereocenters. The Bertz CT molecular complexity index is 2890. The summed E-state index contributed by atoms with van der Waals surface area (Å²) in [6.45, 7) is 12.3. The Morgan fingerprint density at radius 2 is 1.12 bits per heavy atom. The van der Waals surface area contributed by atoms with Gasteiger partial charge in [0, 0.05) is 16.8 Å². The van der Waals surface area contributed by atoms with Crippen molar-refractivity contribution in [2.75, 3.05) is 32.7 Å². The lowest BCUT2D eigenvalue weighted by molar-refractivity contribution is -0.123. The van der Waals surface area contributed by atoms with Gasteiger partial charge in [-0.05, 0) is 97.9 Å². The highest BCUT2D eigenvalue weighted by atomic mass is 35.5. The number of sulfonamides is 2. The molecule has 24 heteroatoms. The number of nitrogens with zero attached hydrogens (tertiary/aromatic N) is 6. The van der Waals surface area contributed by atoms with Gasteiger partial charge in [-0.1, -0.05) is 59.9 Å². The van der Waals surface area contributed by atoms with Gasteiger partial charge in [-0.3, -0.25) is 4.79 Å². The van der Waals surface area contributed by atoms with Crippen LogP contribution in [0.25, 0.3) is 0 Å². The zero-order chi connectivity index (χ0) is 47.0. The van der Waals surface area contributed by atoms with E-state index >= 15 is 0 Å². The molecule has 0 aliphatic heterocycles. The predicted octanol–water partition coefficient (Wildman–Crippen LogP) is 7.54. The number of anilines is 9. The third kappa shape index (κ3) is 15.8. The Kier molecular flexibility index (Phi) is 18.7. The molecule has 4 aromatic heterocycles. The first-order chi connectivity index (χ1) is 29.2. The molecule has 0 saturated heterocycles. The number of aromatic nitrogens is 6. The van der Waals surface area contributed by atoms with Gasteiger partial charge in [0.25, 0.3) is 0 Å². The molecule has 0 saturated carbocycles. The van der Waals surface area contributed by atoms with Gasteiger partial charge in [0.15, 0.2) is 23.3 Å². The quantitative estimate of drug-likeness (QED) is 0.0512. The number of hydrogen-bond acceptors (Lipinski definition) is 16. The molecule has 19 nitrogen and oxygen atoms in total. The van der Waals surface area contributed by atoms with Gasteiger partial charge in [-0.25, -0.2) is 55.8 Å². The molecule has 6 rings (SSSR count). The number of benzene rings is 2. The van der Waals surface area contributed by atoms with E-state index in [-0.39, 0.29) is 53.4 Å². The zero-order valence-electron chi connectivity index (χ0n) is 34.9. The third-order valence-electron chi connectivity index (χ3n) is 8.37. The Hall–Kier alpha value is -6.66. The van der Waals surface area contributed by atoms with Crippen LogP contribution < -0.4 is 43.0 Å². The van der Waals surface area contributed by atoms with Crippen molar-refractivity contribution in [2.45, 2.75) is 73.1 Å². The maximum absolute atomic E-state index is 14.1. The molecule has 0 aliphatic rings. The summed E-state index contributed by atoms with van der Waals surface area (Å²) in [5.41, 5.74) is 14.1. The van der Waals surface area contributed by atoms with E-state index < -0.39 is 37.1 Å². The number of rotatable bonds is 9. The van der Waals surface area contributed by atoms with E-state index in [1.807, 2.05) is 6.92 Å². The van der Waals surface area contributed by atoms with Gasteiger partial charge < -0.3 is 32.7 Å². The van der Waals surface area contributed by atoms with Gasteiger partial charge in [-0.2, -0.15) is 9.97 Å². The normalized spacial score (nSPS) is 11.0. The maximum Gasteiger partial charge on any atom is 0.238 e. The molecule has 0 radical (unpaired) electrons. The minimum atomic E-state index is -3.88. The minimum Gasteiger partial charge on any atom is -0.399 e. The van der Waals surface area contributed by atoms with E-state index in [1.165, 1.54) is 12.1 Å². The van der Waals surface area contributed by atoms with Crippen molar-refractivity contribution in [3.8, 4) is 0 Å². The van der Waals surface area contributed by atoms with Crippen molar-refractivity contribution in [2.24, 2.45) is 15.7 Å². The molecular weight excluding hydrogens is 906 g/mol. The average Bonchev–Trinajstić information content (AvgIpc) is 3.18. The van der Waals surface area contributed by atoms with Crippen molar-refractivity contribution in [1.82, 2.24) is 29.9 Å². The summed E-state index contributed by atoms with van der Waals surface area (Å²) in [6, 6.07) is 16.0. The van der Waals surface area contributed by atoms with Crippen LogP contribution in [-0.4, -0.2) is 52.6 Å². The largest absolute Gasteiger partial charge is 0.399 e. The summed E-state index contributed by atoms with van der Waals surface area (Å²) in [5, 5.41) is 21.1. The van der Waals surface area contributed by atoms with Crippen molar-refractivity contribution in [3.63, 3.8) is 0 Å². The van der Waals surface area contributed by atoms with Gasteiger partial charge in [0.05, 0.1) is 22.2 Å². The standard InChI is InChI=1S/C17H18FN7O2S.C15H17ClFN5O.C7H10N2O2S.2CH4/c1-9-3-5-11(7-13(9)28(20,26)27)22-17-21-8-12(18)16(25-17)24-14-6-4-10(2)15(19)23-14;1-8-5-6-10(19-11(8)21-13(23)15(2,3)4)20-12-9(17)7-18-14(16)22-12;1-5-2-3-6(8)4-7(5)12(9,10)11;;/h3-8H,1-2H3,(H2,20,26,27)(H4,19,21,22,23,24,25);5-7H,1-4H3,(H2,18,19,20,21,22,23);2-4H,8H2,1H3,(H2,9,10,11);2*1H4. The fraction of sp³-hybridized carbons (Fsp3) is 0.244. The van der Waals surface area contributed by atoms with E-state index in [0.29, 0.717) is 45.8 Å². The number of carbonyl (C=O) groups is 1. The van der Waals surface area contributed by atoms with Crippen LogP contribution >= 0.6 is 11.6 Å². The number of amides is 1. The monoisotopic (exact) mass is 958 g/mol. The highest BCUT2D eigenvalue weighted by Crippen LogP contribution is 2.25.